The van der Waals surface area contributed by atoms with Gasteiger partial charge in [-0.1, -0.05) is 18.2 Å². The second-order valence-corrected chi connectivity index (χ2v) is 3.23. The first kappa shape index (κ1) is 9.21. The third-order valence-electron chi connectivity index (χ3n) is 2.17. The lowest BCUT2D eigenvalue weighted by Crippen LogP contribution is -2.02. The van der Waals surface area contributed by atoms with Crippen molar-refractivity contribution >= 4 is 11.0 Å². The summed E-state index contributed by atoms with van der Waals surface area (Å²) in [5.74, 6) is 0.372. The summed E-state index contributed by atoms with van der Waals surface area (Å²) in [7, 11) is 0. The average molecular weight is 193 g/mol. The molecule has 1 aromatic carbocycles. The third kappa shape index (κ3) is 1.63. The van der Waals surface area contributed by atoms with Crippen LogP contribution in [0.15, 0.2) is 34.7 Å². The summed E-state index contributed by atoms with van der Waals surface area (Å²) in [4.78, 5) is 0. The van der Waals surface area contributed by atoms with E-state index in [2.05, 4.69) is 0 Å². The molecule has 0 aliphatic heterocycles. The molecule has 0 bridgehead atoms. The zero-order valence-corrected chi connectivity index (χ0v) is 7.74. The smallest absolute Gasteiger partial charge is 0.159 e. The largest absolute Gasteiger partial charge is 0.458 e. The molecule has 1 unspecified atom stereocenters. The number of benzene rings is 1. The number of nitrogens with two attached hydrogens (primary N) is 1. The number of halogens is 1. The first-order valence-corrected chi connectivity index (χ1v) is 4.64. The Morgan fingerprint density at radius 2 is 2.14 bits per heavy atom. The fourth-order valence-corrected chi connectivity index (χ4v) is 1.45. The maximum absolute atomic E-state index is 13.4. The zero-order valence-electron chi connectivity index (χ0n) is 7.74. The fraction of sp³-hybridized carbons (Fsp3) is 0.273. The number of fused-ring (bicyclic) bond motifs is 1. The molecule has 0 saturated heterocycles. The zero-order chi connectivity index (χ0) is 9.97. The normalized spacial score (nSPS) is 13.3. The van der Waals surface area contributed by atoms with E-state index in [-0.39, 0.29) is 0 Å². The lowest BCUT2D eigenvalue weighted by molar-refractivity contribution is 0.280. The lowest BCUT2D eigenvalue weighted by atomic mass is 10.2. The standard InChI is InChI=1S/C11H12FNO/c12-9(5-6-13)11-7-8-3-1-2-4-10(8)14-11/h1-4,7,9H,5-6,13H2. The molecule has 14 heavy (non-hydrogen) atoms. The van der Waals surface area contributed by atoms with Crippen molar-refractivity contribution in [1.82, 2.24) is 0 Å². The third-order valence-corrected chi connectivity index (χ3v) is 2.17. The minimum Gasteiger partial charge on any atom is -0.458 e. The highest BCUT2D eigenvalue weighted by atomic mass is 19.1. The fourth-order valence-electron chi connectivity index (χ4n) is 1.45. The second-order valence-electron chi connectivity index (χ2n) is 3.23. The van der Waals surface area contributed by atoms with Gasteiger partial charge in [-0.25, -0.2) is 4.39 Å². The molecule has 2 N–H and O–H groups in total. The van der Waals surface area contributed by atoms with E-state index in [0.29, 0.717) is 18.7 Å². The maximum atomic E-state index is 13.4. The van der Waals surface area contributed by atoms with Crippen LogP contribution < -0.4 is 5.73 Å². The molecular formula is C11H12FNO. The lowest BCUT2D eigenvalue weighted by Gasteiger charge is -2.00. The van der Waals surface area contributed by atoms with E-state index in [9.17, 15) is 4.39 Å². The Balaban J connectivity index is 2.35. The minimum absolute atomic E-state index is 0.305. The van der Waals surface area contributed by atoms with Gasteiger partial charge < -0.3 is 10.2 Å². The van der Waals surface area contributed by atoms with Gasteiger partial charge in [-0.05, 0) is 25.1 Å². The molecule has 0 aliphatic carbocycles. The van der Waals surface area contributed by atoms with Crippen LogP contribution in [0, 0.1) is 0 Å². The van der Waals surface area contributed by atoms with Crippen molar-refractivity contribution in [2.75, 3.05) is 6.54 Å². The first-order chi connectivity index (χ1) is 6.81. The quantitative estimate of drug-likeness (QED) is 0.814. The highest BCUT2D eigenvalue weighted by Gasteiger charge is 2.13. The molecule has 0 saturated carbocycles. The van der Waals surface area contributed by atoms with E-state index in [1.807, 2.05) is 24.3 Å². The predicted molar refractivity (Wildman–Crippen MR) is 53.7 cm³/mol. The molecule has 2 nitrogen and oxygen atoms in total. The number of hydrogen-bond donors (Lipinski definition) is 1. The molecule has 1 atom stereocenters. The van der Waals surface area contributed by atoms with Crippen molar-refractivity contribution in [1.29, 1.82) is 0 Å². The van der Waals surface area contributed by atoms with Gasteiger partial charge in [0.05, 0.1) is 0 Å². The van der Waals surface area contributed by atoms with E-state index in [1.54, 1.807) is 6.07 Å². The molecule has 2 rings (SSSR count). The summed E-state index contributed by atoms with van der Waals surface area (Å²) >= 11 is 0. The van der Waals surface area contributed by atoms with Crippen LogP contribution in [0.5, 0.6) is 0 Å². The van der Waals surface area contributed by atoms with Crippen LogP contribution in [-0.4, -0.2) is 6.54 Å². The van der Waals surface area contributed by atoms with Crippen molar-refractivity contribution in [2.24, 2.45) is 5.73 Å². The van der Waals surface area contributed by atoms with Crippen LogP contribution in [0.3, 0.4) is 0 Å². The average Bonchev–Trinajstić information content (AvgIpc) is 2.61. The van der Waals surface area contributed by atoms with Crippen molar-refractivity contribution in [3.63, 3.8) is 0 Å². The van der Waals surface area contributed by atoms with Gasteiger partial charge in [-0.15, -0.1) is 0 Å². The summed E-state index contributed by atoms with van der Waals surface area (Å²) in [6.07, 6.45) is -0.785. The van der Waals surface area contributed by atoms with Crippen LogP contribution in [0.2, 0.25) is 0 Å². The van der Waals surface area contributed by atoms with Crippen LogP contribution in [0.1, 0.15) is 18.4 Å². The van der Waals surface area contributed by atoms with Gasteiger partial charge in [-0.3, -0.25) is 0 Å². The van der Waals surface area contributed by atoms with Crippen LogP contribution in [0.25, 0.3) is 11.0 Å². The van der Waals surface area contributed by atoms with E-state index >= 15 is 0 Å². The molecule has 3 heteroatoms. The molecule has 0 amide bonds. The summed E-state index contributed by atoms with van der Waals surface area (Å²) in [5.41, 5.74) is 6.00. The van der Waals surface area contributed by atoms with Crippen molar-refractivity contribution in [2.45, 2.75) is 12.6 Å². The number of furan rings is 1. The van der Waals surface area contributed by atoms with Crippen molar-refractivity contribution < 1.29 is 8.81 Å². The van der Waals surface area contributed by atoms with Gasteiger partial charge >= 0.3 is 0 Å². The molecule has 0 spiro atoms. The van der Waals surface area contributed by atoms with E-state index < -0.39 is 6.17 Å². The highest BCUT2D eigenvalue weighted by molar-refractivity contribution is 5.77. The second kappa shape index (κ2) is 3.80. The number of para-hydroxylation sites is 1. The molecule has 1 heterocycles. The predicted octanol–water partition coefficient (Wildman–Crippen LogP) is 2.79. The van der Waals surface area contributed by atoms with Gasteiger partial charge in [0, 0.05) is 5.39 Å². The Bertz CT molecular complexity index is 391. The van der Waals surface area contributed by atoms with Crippen molar-refractivity contribution in [3.8, 4) is 0 Å². The Labute approximate surface area is 81.5 Å². The Morgan fingerprint density at radius 3 is 2.86 bits per heavy atom. The maximum Gasteiger partial charge on any atom is 0.159 e. The first-order valence-electron chi connectivity index (χ1n) is 4.64. The molecule has 1 aromatic heterocycles. The minimum atomic E-state index is -1.09. The summed E-state index contributed by atoms with van der Waals surface area (Å²) in [6, 6.07) is 9.23. The van der Waals surface area contributed by atoms with Gasteiger partial charge in [0.25, 0.3) is 0 Å². The van der Waals surface area contributed by atoms with Gasteiger partial charge in [0.1, 0.15) is 11.3 Å². The van der Waals surface area contributed by atoms with Crippen LogP contribution in [-0.2, 0) is 0 Å². The van der Waals surface area contributed by atoms with Crippen LogP contribution >= 0.6 is 0 Å². The highest BCUT2D eigenvalue weighted by Crippen LogP contribution is 2.27. The number of hydrogen-bond acceptors (Lipinski definition) is 2. The Morgan fingerprint density at radius 1 is 1.36 bits per heavy atom. The van der Waals surface area contributed by atoms with E-state index in [0.717, 1.165) is 11.0 Å². The number of rotatable bonds is 3. The number of alkyl halides is 1. The van der Waals surface area contributed by atoms with Gasteiger partial charge in [-0.2, -0.15) is 0 Å². The molecule has 2 aromatic rings. The topological polar surface area (TPSA) is 39.2 Å². The SMILES string of the molecule is NCCC(F)c1cc2ccccc2o1. The van der Waals surface area contributed by atoms with Crippen molar-refractivity contribution in [3.05, 3.63) is 36.1 Å². The van der Waals surface area contributed by atoms with E-state index in [4.69, 9.17) is 10.2 Å². The molecule has 0 radical (unpaired) electrons. The monoisotopic (exact) mass is 193 g/mol. The van der Waals surface area contributed by atoms with Gasteiger partial charge in [0.2, 0.25) is 0 Å². The Hall–Kier alpha value is -1.35. The molecular weight excluding hydrogens is 181 g/mol. The van der Waals surface area contributed by atoms with Crippen LogP contribution in [0.4, 0.5) is 4.39 Å². The summed E-state index contributed by atoms with van der Waals surface area (Å²) in [6.45, 7) is 0.332. The molecule has 74 valence electrons. The molecule has 0 fully saturated rings. The van der Waals surface area contributed by atoms with Gasteiger partial charge in [0.15, 0.2) is 6.17 Å². The Kier molecular flexibility index (Phi) is 2.50. The summed E-state index contributed by atoms with van der Waals surface area (Å²) < 4.78 is 18.8. The van der Waals surface area contributed by atoms with E-state index in [1.165, 1.54) is 0 Å². The summed E-state index contributed by atoms with van der Waals surface area (Å²) in [5, 5.41) is 0.933. The molecule has 0 aliphatic rings.